The van der Waals surface area contributed by atoms with Crippen LogP contribution in [-0.4, -0.2) is 18.5 Å². The Morgan fingerprint density at radius 1 is 0.759 bits per heavy atom. The molecule has 0 N–H and O–H groups in total. The van der Waals surface area contributed by atoms with E-state index in [0.717, 1.165) is 31.4 Å². The Morgan fingerprint density at radius 3 is 1.79 bits per heavy atom. The summed E-state index contributed by atoms with van der Waals surface area (Å²) in [4.78, 5) is 23.2. The van der Waals surface area contributed by atoms with Crippen LogP contribution in [-0.2, 0) is 25.7 Å². The topological polar surface area (TPSA) is 52.6 Å². The molecule has 0 aliphatic rings. The number of carbonyl (C=O) groups is 2. The summed E-state index contributed by atoms with van der Waals surface area (Å²) < 4.78 is 48.9. The fourth-order valence-corrected chi connectivity index (χ4v) is 2.80. The van der Waals surface area contributed by atoms with Crippen molar-refractivity contribution in [1.29, 1.82) is 0 Å². The van der Waals surface area contributed by atoms with E-state index in [4.69, 9.17) is 9.47 Å². The fourth-order valence-electron chi connectivity index (χ4n) is 2.80. The van der Waals surface area contributed by atoms with E-state index >= 15 is 0 Å². The van der Waals surface area contributed by atoms with Crippen LogP contribution in [0.2, 0.25) is 0 Å². The summed E-state index contributed by atoms with van der Waals surface area (Å²) in [5, 5.41) is 0. The highest BCUT2D eigenvalue weighted by molar-refractivity contribution is 5.77. The van der Waals surface area contributed by atoms with Crippen molar-refractivity contribution in [3.63, 3.8) is 0 Å². The average Bonchev–Trinajstić information content (AvgIpc) is 2.70. The molecule has 0 aliphatic carbocycles. The Bertz CT molecular complexity index is 611. The Hall–Kier alpha value is -2.05. The highest BCUT2D eigenvalue weighted by Crippen LogP contribution is 2.15. The van der Waals surface area contributed by atoms with E-state index in [1.54, 1.807) is 0 Å². The summed E-state index contributed by atoms with van der Waals surface area (Å²) in [6.45, 7) is 2.13. The molecule has 1 aromatic rings. The Morgan fingerprint density at radius 2 is 1.24 bits per heavy atom. The second-order valence-corrected chi connectivity index (χ2v) is 7.08. The molecule has 0 heterocycles. The zero-order valence-corrected chi connectivity index (χ0v) is 17.1. The molecule has 0 atom stereocenters. The number of carbonyl (C=O) groups excluding carboxylic acids is 2. The number of halogens is 3. The molecular weight excluding hydrogens is 385 g/mol. The Balaban J connectivity index is 2.04. The van der Waals surface area contributed by atoms with Crippen molar-refractivity contribution in [2.75, 3.05) is 6.61 Å². The first-order valence-electron chi connectivity index (χ1n) is 10.4. The molecule has 0 unspecified atom stereocenters. The van der Waals surface area contributed by atoms with Crippen LogP contribution >= 0.6 is 0 Å². The van der Waals surface area contributed by atoms with Gasteiger partial charge >= 0.3 is 11.9 Å². The highest BCUT2D eigenvalue weighted by Gasteiger charge is 2.13. The van der Waals surface area contributed by atoms with Crippen LogP contribution in [0.3, 0.4) is 0 Å². The van der Waals surface area contributed by atoms with Gasteiger partial charge in [0.05, 0.1) is 19.4 Å². The zero-order chi connectivity index (χ0) is 21.5. The maximum atomic E-state index is 13.1. The molecule has 7 heteroatoms. The number of unbranched alkanes of at least 4 members (excludes halogenated alkanes) is 8. The number of ether oxygens (including phenoxy) is 2. The van der Waals surface area contributed by atoms with Crippen molar-refractivity contribution in [2.45, 2.75) is 84.2 Å². The molecule has 1 aromatic carbocycles. The number of benzene rings is 1. The van der Waals surface area contributed by atoms with E-state index in [2.05, 4.69) is 6.92 Å². The normalized spacial score (nSPS) is 10.8. The van der Waals surface area contributed by atoms with E-state index < -0.39 is 36.0 Å². The molecular formula is C22H31F3O4. The largest absolute Gasteiger partial charge is 0.466 e. The van der Waals surface area contributed by atoms with Gasteiger partial charge in [0, 0.05) is 0 Å². The lowest BCUT2D eigenvalue weighted by Crippen LogP contribution is -2.11. The lowest BCUT2D eigenvalue weighted by Gasteiger charge is -2.07. The van der Waals surface area contributed by atoms with E-state index in [-0.39, 0.29) is 18.4 Å². The maximum absolute atomic E-state index is 13.1. The summed E-state index contributed by atoms with van der Waals surface area (Å²) >= 11 is 0. The molecule has 0 spiro atoms. The van der Waals surface area contributed by atoms with Crippen LogP contribution in [0.15, 0.2) is 12.1 Å². The summed E-state index contributed by atoms with van der Waals surface area (Å²) in [6.07, 6.45) is 10.2. The summed E-state index contributed by atoms with van der Waals surface area (Å²) in [6, 6.07) is 1.51. The van der Waals surface area contributed by atoms with Crippen molar-refractivity contribution in [2.24, 2.45) is 0 Å². The average molecular weight is 416 g/mol. The first-order valence-corrected chi connectivity index (χ1v) is 10.4. The molecule has 0 fully saturated rings. The third-order valence-electron chi connectivity index (χ3n) is 4.49. The van der Waals surface area contributed by atoms with Gasteiger partial charge in [-0.05, 0) is 24.1 Å². The van der Waals surface area contributed by atoms with Gasteiger partial charge in [-0.3, -0.25) is 9.59 Å². The molecule has 4 nitrogen and oxygen atoms in total. The smallest absolute Gasteiger partial charge is 0.306 e. The van der Waals surface area contributed by atoms with Crippen molar-refractivity contribution in [3.05, 3.63) is 35.1 Å². The fraction of sp³-hybridized carbons (Fsp3) is 0.636. The van der Waals surface area contributed by atoms with Gasteiger partial charge in [0.1, 0.15) is 6.61 Å². The van der Waals surface area contributed by atoms with E-state index in [1.165, 1.54) is 38.5 Å². The SMILES string of the molecule is CCCCCCCCCCCOC(=O)CCC(=O)OCc1cc(F)c(F)c(F)c1. The Kier molecular flexibility index (Phi) is 12.8. The molecule has 0 radical (unpaired) electrons. The number of rotatable bonds is 15. The number of esters is 2. The minimum absolute atomic E-state index is 0.0114. The van der Waals surface area contributed by atoms with Crippen LogP contribution in [0.4, 0.5) is 13.2 Å². The first kappa shape index (κ1) is 25.0. The van der Waals surface area contributed by atoms with Crippen molar-refractivity contribution >= 4 is 11.9 Å². The van der Waals surface area contributed by atoms with Gasteiger partial charge in [-0.15, -0.1) is 0 Å². The van der Waals surface area contributed by atoms with Gasteiger partial charge in [-0.25, -0.2) is 13.2 Å². The quantitative estimate of drug-likeness (QED) is 0.200. The van der Waals surface area contributed by atoms with Crippen LogP contribution < -0.4 is 0 Å². The maximum Gasteiger partial charge on any atom is 0.306 e. The molecule has 164 valence electrons. The predicted octanol–water partition coefficient (Wildman–Crippen LogP) is 6.00. The van der Waals surface area contributed by atoms with E-state index in [0.29, 0.717) is 6.61 Å². The van der Waals surface area contributed by atoms with E-state index in [9.17, 15) is 22.8 Å². The van der Waals surface area contributed by atoms with Crippen molar-refractivity contribution in [1.82, 2.24) is 0 Å². The van der Waals surface area contributed by atoms with Crippen LogP contribution in [0.25, 0.3) is 0 Å². The second-order valence-electron chi connectivity index (χ2n) is 7.08. The highest BCUT2D eigenvalue weighted by atomic mass is 19.2. The molecule has 0 aliphatic heterocycles. The van der Waals surface area contributed by atoms with Crippen molar-refractivity contribution < 1.29 is 32.2 Å². The summed E-state index contributed by atoms with van der Waals surface area (Å²) in [5.74, 6) is -5.46. The third kappa shape index (κ3) is 11.5. The molecule has 0 amide bonds. The van der Waals surface area contributed by atoms with Gasteiger partial charge in [0.15, 0.2) is 17.5 Å². The van der Waals surface area contributed by atoms with Crippen LogP contribution in [0, 0.1) is 17.5 Å². The predicted molar refractivity (Wildman–Crippen MR) is 104 cm³/mol. The number of hydrogen-bond donors (Lipinski definition) is 0. The molecule has 29 heavy (non-hydrogen) atoms. The minimum Gasteiger partial charge on any atom is -0.466 e. The summed E-state index contributed by atoms with van der Waals surface area (Å²) in [5.41, 5.74) is -0.0114. The van der Waals surface area contributed by atoms with Crippen LogP contribution in [0.5, 0.6) is 0 Å². The monoisotopic (exact) mass is 416 g/mol. The molecule has 0 bridgehead atoms. The van der Waals surface area contributed by atoms with Gasteiger partial charge < -0.3 is 9.47 Å². The second kappa shape index (κ2) is 14.9. The van der Waals surface area contributed by atoms with E-state index in [1.807, 2.05) is 0 Å². The van der Waals surface area contributed by atoms with Gasteiger partial charge in [-0.1, -0.05) is 58.3 Å². The molecule has 0 saturated carbocycles. The third-order valence-corrected chi connectivity index (χ3v) is 4.49. The van der Waals surface area contributed by atoms with Gasteiger partial charge in [0.25, 0.3) is 0 Å². The summed E-state index contributed by atoms with van der Waals surface area (Å²) in [7, 11) is 0. The number of hydrogen-bond acceptors (Lipinski definition) is 4. The zero-order valence-electron chi connectivity index (χ0n) is 17.1. The van der Waals surface area contributed by atoms with Crippen molar-refractivity contribution in [3.8, 4) is 0 Å². The first-order chi connectivity index (χ1) is 13.9. The molecule has 0 saturated heterocycles. The van der Waals surface area contributed by atoms with Gasteiger partial charge in [0.2, 0.25) is 0 Å². The van der Waals surface area contributed by atoms with Crippen LogP contribution in [0.1, 0.15) is 83.1 Å². The lowest BCUT2D eigenvalue weighted by atomic mass is 10.1. The lowest BCUT2D eigenvalue weighted by molar-refractivity contribution is -0.151. The Labute approximate surface area is 170 Å². The van der Waals surface area contributed by atoms with Gasteiger partial charge in [-0.2, -0.15) is 0 Å². The standard InChI is InChI=1S/C22H31F3O4/c1-2-3-4-5-6-7-8-9-10-13-28-20(26)11-12-21(27)29-16-17-14-18(23)22(25)19(24)15-17/h14-15H,2-13,16H2,1H3. The molecule has 1 rings (SSSR count). The minimum atomic E-state index is -1.57. The molecule has 0 aromatic heterocycles.